The van der Waals surface area contributed by atoms with E-state index in [9.17, 15) is 4.79 Å². The zero-order valence-corrected chi connectivity index (χ0v) is 14.8. The van der Waals surface area contributed by atoms with Crippen LogP contribution in [0.15, 0.2) is 42.5 Å². The van der Waals surface area contributed by atoms with Gasteiger partial charge in [0.25, 0.3) is 0 Å². The van der Waals surface area contributed by atoms with Gasteiger partial charge in [-0.05, 0) is 35.6 Å². The summed E-state index contributed by atoms with van der Waals surface area (Å²) >= 11 is 0. The number of hydrogen-bond acceptors (Lipinski definition) is 3. The number of Topliss-reactive ketones (excluding diaryl/α,β-unsaturated/α-hetero) is 1. The molecule has 2 aromatic rings. The molecule has 1 aliphatic carbocycles. The third-order valence-corrected chi connectivity index (χ3v) is 5.78. The summed E-state index contributed by atoms with van der Waals surface area (Å²) in [6.45, 7) is 2.32. The number of fused-ring (bicyclic) bond motifs is 1. The van der Waals surface area contributed by atoms with Gasteiger partial charge in [0.1, 0.15) is 5.78 Å². The molecule has 3 heteroatoms. The molecule has 4 rings (SSSR count). The van der Waals surface area contributed by atoms with Crippen molar-refractivity contribution in [2.75, 3.05) is 19.7 Å². The number of carbonyl (C=O) groups is 1. The predicted octanol–water partition coefficient (Wildman–Crippen LogP) is 3.98. The topological polar surface area (TPSA) is 29.5 Å². The molecule has 0 amide bonds. The monoisotopic (exact) mass is 337 g/mol. The Kier molecular flexibility index (Phi) is 5.14. The van der Waals surface area contributed by atoms with Crippen LogP contribution in [0.5, 0.6) is 0 Å². The molecule has 2 atom stereocenters. The second-order valence-electron chi connectivity index (χ2n) is 7.41. The standard InChI is InChI=1S/C22H27NO2/c24-19-12-14-23(16-19)21-10-3-4-11-22(21)25-15-13-18-8-5-7-17-6-1-2-9-20(17)18/h1-2,5-9,21-22H,3-4,10-16H2/t21-,22?/m1/s1. The molecular weight excluding hydrogens is 310 g/mol. The van der Waals surface area contributed by atoms with Crippen LogP contribution in [0.3, 0.4) is 0 Å². The SMILES string of the molecule is O=C1CCN([C@@H]2CCCCC2OCCc2cccc3ccccc23)C1. The first-order valence-corrected chi connectivity index (χ1v) is 9.65. The van der Waals surface area contributed by atoms with Crippen LogP contribution in [-0.2, 0) is 16.0 Å². The molecule has 2 fully saturated rings. The van der Waals surface area contributed by atoms with Crippen LogP contribution in [0, 0.1) is 0 Å². The van der Waals surface area contributed by atoms with Gasteiger partial charge in [-0.3, -0.25) is 9.69 Å². The van der Waals surface area contributed by atoms with Crippen molar-refractivity contribution in [3.63, 3.8) is 0 Å². The van der Waals surface area contributed by atoms with E-state index in [1.54, 1.807) is 0 Å². The van der Waals surface area contributed by atoms with E-state index in [1.165, 1.54) is 35.6 Å². The van der Waals surface area contributed by atoms with Gasteiger partial charge in [-0.2, -0.15) is 0 Å². The summed E-state index contributed by atoms with van der Waals surface area (Å²) in [4.78, 5) is 14.0. The van der Waals surface area contributed by atoms with Crippen molar-refractivity contribution >= 4 is 16.6 Å². The number of rotatable bonds is 5. The summed E-state index contributed by atoms with van der Waals surface area (Å²) in [5.41, 5.74) is 1.36. The summed E-state index contributed by atoms with van der Waals surface area (Å²) in [5.74, 6) is 0.389. The van der Waals surface area contributed by atoms with Gasteiger partial charge in [-0.15, -0.1) is 0 Å². The van der Waals surface area contributed by atoms with Gasteiger partial charge >= 0.3 is 0 Å². The van der Waals surface area contributed by atoms with E-state index < -0.39 is 0 Å². The van der Waals surface area contributed by atoms with Crippen molar-refractivity contribution in [3.05, 3.63) is 48.0 Å². The average molecular weight is 337 g/mol. The van der Waals surface area contributed by atoms with Gasteiger partial charge in [0.15, 0.2) is 0 Å². The van der Waals surface area contributed by atoms with Crippen LogP contribution in [-0.4, -0.2) is 42.5 Å². The normalized spacial score (nSPS) is 24.9. The van der Waals surface area contributed by atoms with Crippen LogP contribution >= 0.6 is 0 Å². The van der Waals surface area contributed by atoms with E-state index in [2.05, 4.69) is 47.4 Å². The minimum absolute atomic E-state index is 0.287. The molecule has 25 heavy (non-hydrogen) atoms. The maximum atomic E-state index is 11.6. The molecule has 2 aliphatic rings. The molecule has 1 aliphatic heterocycles. The van der Waals surface area contributed by atoms with Crippen molar-refractivity contribution in [2.45, 2.75) is 50.7 Å². The second-order valence-corrected chi connectivity index (χ2v) is 7.41. The second kappa shape index (κ2) is 7.67. The van der Waals surface area contributed by atoms with Gasteiger partial charge in [-0.1, -0.05) is 55.3 Å². The molecule has 0 radical (unpaired) electrons. The lowest BCUT2D eigenvalue weighted by Gasteiger charge is -2.37. The fraction of sp³-hybridized carbons (Fsp3) is 0.500. The zero-order valence-electron chi connectivity index (χ0n) is 14.8. The van der Waals surface area contributed by atoms with E-state index in [0.29, 0.717) is 18.4 Å². The van der Waals surface area contributed by atoms with E-state index >= 15 is 0 Å². The minimum atomic E-state index is 0.287. The Morgan fingerprint density at radius 3 is 2.76 bits per heavy atom. The van der Waals surface area contributed by atoms with Crippen LogP contribution < -0.4 is 0 Å². The molecule has 0 spiro atoms. The lowest BCUT2D eigenvalue weighted by Crippen LogP contribution is -2.45. The lowest BCUT2D eigenvalue weighted by atomic mass is 9.91. The number of carbonyl (C=O) groups excluding carboxylic acids is 1. The maximum Gasteiger partial charge on any atom is 0.148 e. The van der Waals surface area contributed by atoms with E-state index in [-0.39, 0.29) is 6.10 Å². The number of likely N-dealkylation sites (tertiary alicyclic amines) is 1. The molecule has 1 unspecified atom stereocenters. The quantitative estimate of drug-likeness (QED) is 0.826. The summed E-state index contributed by atoms with van der Waals surface area (Å²) in [6.07, 6.45) is 6.77. The van der Waals surface area contributed by atoms with Gasteiger partial charge in [0.05, 0.1) is 19.3 Å². The largest absolute Gasteiger partial charge is 0.376 e. The van der Waals surface area contributed by atoms with Crippen molar-refractivity contribution < 1.29 is 9.53 Å². The van der Waals surface area contributed by atoms with Crippen molar-refractivity contribution in [2.24, 2.45) is 0 Å². The van der Waals surface area contributed by atoms with E-state index in [1.807, 2.05) is 0 Å². The fourth-order valence-corrected chi connectivity index (χ4v) is 4.46. The average Bonchev–Trinajstić information content (AvgIpc) is 3.08. The summed E-state index contributed by atoms with van der Waals surface area (Å²) < 4.78 is 6.34. The van der Waals surface area contributed by atoms with Crippen LogP contribution in [0.2, 0.25) is 0 Å². The van der Waals surface area contributed by atoms with E-state index in [0.717, 1.165) is 32.4 Å². The molecule has 3 nitrogen and oxygen atoms in total. The molecule has 0 bridgehead atoms. The first kappa shape index (κ1) is 16.7. The van der Waals surface area contributed by atoms with Crippen molar-refractivity contribution in [1.82, 2.24) is 4.90 Å². The Morgan fingerprint density at radius 2 is 1.88 bits per heavy atom. The number of nitrogens with zero attached hydrogens (tertiary/aromatic N) is 1. The number of ketones is 1. The Morgan fingerprint density at radius 1 is 1.04 bits per heavy atom. The van der Waals surface area contributed by atoms with Crippen molar-refractivity contribution in [1.29, 1.82) is 0 Å². The lowest BCUT2D eigenvalue weighted by molar-refractivity contribution is -0.117. The number of benzene rings is 2. The first-order chi connectivity index (χ1) is 12.3. The van der Waals surface area contributed by atoms with Gasteiger partial charge in [0, 0.05) is 19.0 Å². The molecule has 0 N–H and O–H groups in total. The highest BCUT2D eigenvalue weighted by atomic mass is 16.5. The van der Waals surface area contributed by atoms with E-state index in [4.69, 9.17) is 4.74 Å². The Hall–Kier alpha value is -1.71. The molecule has 1 saturated carbocycles. The molecule has 1 heterocycles. The fourth-order valence-electron chi connectivity index (χ4n) is 4.46. The Bertz CT molecular complexity index is 736. The third-order valence-electron chi connectivity index (χ3n) is 5.78. The minimum Gasteiger partial charge on any atom is -0.376 e. The van der Waals surface area contributed by atoms with Crippen LogP contribution in [0.4, 0.5) is 0 Å². The van der Waals surface area contributed by atoms with Crippen LogP contribution in [0.25, 0.3) is 10.8 Å². The highest BCUT2D eigenvalue weighted by molar-refractivity contribution is 5.85. The molecule has 132 valence electrons. The highest BCUT2D eigenvalue weighted by Crippen LogP contribution is 2.28. The van der Waals surface area contributed by atoms with Crippen LogP contribution in [0.1, 0.15) is 37.7 Å². The van der Waals surface area contributed by atoms with Crippen molar-refractivity contribution in [3.8, 4) is 0 Å². The first-order valence-electron chi connectivity index (χ1n) is 9.65. The van der Waals surface area contributed by atoms with Gasteiger partial charge in [0.2, 0.25) is 0 Å². The van der Waals surface area contributed by atoms with Gasteiger partial charge in [-0.25, -0.2) is 0 Å². The molecule has 0 aromatic heterocycles. The summed E-state index contributed by atoms with van der Waals surface area (Å²) in [5, 5.41) is 2.63. The summed E-state index contributed by atoms with van der Waals surface area (Å²) in [6, 6.07) is 15.5. The number of ether oxygens (including phenoxy) is 1. The molecule has 1 saturated heterocycles. The smallest absolute Gasteiger partial charge is 0.148 e. The Balaban J connectivity index is 1.38. The zero-order chi connectivity index (χ0) is 17.1. The Labute approximate surface area is 150 Å². The number of hydrogen-bond donors (Lipinski definition) is 0. The predicted molar refractivity (Wildman–Crippen MR) is 101 cm³/mol. The molecule has 2 aromatic carbocycles. The summed E-state index contributed by atoms with van der Waals surface area (Å²) in [7, 11) is 0. The van der Waals surface area contributed by atoms with Gasteiger partial charge < -0.3 is 4.74 Å². The third kappa shape index (κ3) is 3.78. The highest BCUT2D eigenvalue weighted by Gasteiger charge is 2.34. The molecular formula is C22H27NO2. The maximum absolute atomic E-state index is 11.6.